The second kappa shape index (κ2) is 13.4. The van der Waals surface area contributed by atoms with Crippen molar-refractivity contribution in [3.05, 3.63) is 28.8 Å². The zero-order chi connectivity index (χ0) is 19.1. The molecule has 0 spiro atoms. The van der Waals surface area contributed by atoms with Gasteiger partial charge >= 0.3 is 0 Å². The lowest BCUT2D eigenvalue weighted by molar-refractivity contribution is 0.0944. The minimum absolute atomic E-state index is 0. The van der Waals surface area contributed by atoms with Crippen molar-refractivity contribution >= 4 is 28.3 Å². The fourth-order valence-electron chi connectivity index (χ4n) is 4.08. The molecule has 1 saturated carbocycles. The summed E-state index contributed by atoms with van der Waals surface area (Å²) in [5.74, 6) is 0.409. The molecule has 1 unspecified atom stereocenters. The van der Waals surface area contributed by atoms with E-state index in [1.54, 1.807) is 18.2 Å². The lowest BCUT2D eigenvalue weighted by Gasteiger charge is -2.22. The predicted molar refractivity (Wildman–Crippen MR) is 125 cm³/mol. The molecule has 1 atom stereocenters. The van der Waals surface area contributed by atoms with E-state index in [1.165, 1.54) is 44.9 Å². The van der Waals surface area contributed by atoms with Crippen LogP contribution in [-0.4, -0.2) is 35.0 Å². The number of hydrogen-bond donors (Lipinski definition) is 2. The Morgan fingerprint density at radius 2 is 1.66 bits per heavy atom. The van der Waals surface area contributed by atoms with Gasteiger partial charge in [0.1, 0.15) is 0 Å². The van der Waals surface area contributed by atoms with Gasteiger partial charge in [-0.1, -0.05) is 58.6 Å². The van der Waals surface area contributed by atoms with Crippen molar-refractivity contribution in [3.63, 3.8) is 0 Å². The summed E-state index contributed by atoms with van der Waals surface area (Å²) in [4.78, 5) is 13.4. The van der Waals surface area contributed by atoms with Gasteiger partial charge in [0.15, 0.2) is 0 Å². The molecule has 2 N–H and O–H groups in total. The molecule has 2 fully saturated rings. The molecule has 1 aromatic rings. The average Bonchev–Trinajstić information content (AvgIpc) is 2.67. The summed E-state index contributed by atoms with van der Waals surface area (Å²) in [6.07, 6.45) is 10.6. The van der Waals surface area contributed by atoms with Gasteiger partial charge < -0.3 is 10.6 Å². The van der Waals surface area contributed by atoms with E-state index in [2.05, 4.69) is 10.6 Å². The molecular formula is C23H39ClN2O2S. The number of rotatable bonds is 5. The van der Waals surface area contributed by atoms with Gasteiger partial charge in [0.2, 0.25) is 0 Å². The van der Waals surface area contributed by atoms with Crippen LogP contribution in [0.25, 0.3) is 0 Å². The van der Waals surface area contributed by atoms with Crippen LogP contribution in [0.1, 0.15) is 83.0 Å². The number of carbonyl (C=O) groups is 1. The molecule has 1 amide bonds. The van der Waals surface area contributed by atoms with Gasteiger partial charge in [0.05, 0.1) is 21.4 Å². The van der Waals surface area contributed by atoms with Crippen LogP contribution in [-0.2, 0) is 10.8 Å². The Hall–Kier alpha value is -0.910. The van der Waals surface area contributed by atoms with E-state index >= 15 is 0 Å². The number of carbonyl (C=O) groups excluding carboxylic acids is 1. The fourth-order valence-corrected chi connectivity index (χ4v) is 5.77. The van der Waals surface area contributed by atoms with Gasteiger partial charge in [-0.15, -0.1) is 0 Å². The van der Waals surface area contributed by atoms with Crippen LogP contribution >= 0.6 is 11.6 Å². The standard InChI is InChI=1S/C21H31ClN2O2S.2CH4/c22-20-9-8-18(27(26)17-10-12-23-13-11-17)14-19(20)21(25)24-15-16-6-4-2-1-3-5-7-16;;/h8-9,14,16-17,23H,1-7,10-13,15H2,(H,24,25);2*1H4. The summed E-state index contributed by atoms with van der Waals surface area (Å²) in [6, 6.07) is 5.24. The molecular weight excluding hydrogens is 404 g/mol. The van der Waals surface area contributed by atoms with Crippen molar-refractivity contribution in [1.82, 2.24) is 10.6 Å². The number of hydrogen-bond acceptors (Lipinski definition) is 3. The Balaban J connectivity index is 0.00000210. The smallest absolute Gasteiger partial charge is 0.252 e. The van der Waals surface area contributed by atoms with E-state index in [0.717, 1.165) is 25.9 Å². The average molecular weight is 443 g/mol. The highest BCUT2D eigenvalue weighted by molar-refractivity contribution is 7.85. The molecule has 3 rings (SSSR count). The summed E-state index contributed by atoms with van der Waals surface area (Å²) in [7, 11) is -1.10. The third-order valence-electron chi connectivity index (χ3n) is 5.78. The van der Waals surface area contributed by atoms with Crippen LogP contribution in [0.15, 0.2) is 23.1 Å². The van der Waals surface area contributed by atoms with Crippen molar-refractivity contribution in [2.75, 3.05) is 19.6 Å². The van der Waals surface area contributed by atoms with Gasteiger partial charge in [-0.05, 0) is 62.9 Å². The number of piperidine rings is 1. The molecule has 1 aromatic carbocycles. The van der Waals surface area contributed by atoms with Gasteiger partial charge in [0, 0.05) is 16.7 Å². The minimum atomic E-state index is -1.10. The molecule has 1 saturated heterocycles. The third kappa shape index (κ3) is 7.69. The largest absolute Gasteiger partial charge is 0.352 e. The normalized spacial score (nSPS) is 19.8. The Morgan fingerprint density at radius 3 is 2.31 bits per heavy atom. The summed E-state index contributed by atoms with van der Waals surface area (Å²) in [5, 5.41) is 6.95. The lowest BCUT2D eigenvalue weighted by Crippen LogP contribution is -2.33. The molecule has 29 heavy (non-hydrogen) atoms. The number of halogens is 1. The Kier molecular flexibility index (Phi) is 12.1. The van der Waals surface area contributed by atoms with Crippen LogP contribution < -0.4 is 10.6 Å². The molecule has 1 heterocycles. The quantitative estimate of drug-likeness (QED) is 0.627. The van der Waals surface area contributed by atoms with E-state index in [9.17, 15) is 9.00 Å². The first-order valence-corrected chi connectivity index (χ1v) is 11.9. The molecule has 0 bridgehead atoms. The van der Waals surface area contributed by atoms with E-state index in [1.807, 2.05) is 0 Å². The molecule has 1 aliphatic heterocycles. The summed E-state index contributed by atoms with van der Waals surface area (Å²) < 4.78 is 12.9. The first kappa shape index (κ1) is 26.1. The second-order valence-electron chi connectivity index (χ2n) is 7.81. The number of nitrogens with one attached hydrogen (secondary N) is 2. The minimum Gasteiger partial charge on any atom is -0.352 e. The Morgan fingerprint density at radius 1 is 1.03 bits per heavy atom. The van der Waals surface area contributed by atoms with E-state index in [0.29, 0.717) is 27.9 Å². The van der Waals surface area contributed by atoms with Crippen molar-refractivity contribution in [3.8, 4) is 0 Å². The third-order valence-corrected chi connectivity index (χ3v) is 7.90. The zero-order valence-corrected chi connectivity index (χ0v) is 17.5. The molecule has 2 aliphatic rings. The molecule has 166 valence electrons. The maximum absolute atomic E-state index is 12.9. The topological polar surface area (TPSA) is 58.2 Å². The van der Waals surface area contributed by atoms with E-state index in [-0.39, 0.29) is 26.0 Å². The van der Waals surface area contributed by atoms with Gasteiger partial charge in [-0.3, -0.25) is 9.00 Å². The highest BCUT2D eigenvalue weighted by atomic mass is 35.5. The lowest BCUT2D eigenvalue weighted by atomic mass is 9.91. The zero-order valence-electron chi connectivity index (χ0n) is 16.0. The van der Waals surface area contributed by atoms with Crippen molar-refractivity contribution in [2.45, 2.75) is 82.8 Å². The van der Waals surface area contributed by atoms with Gasteiger partial charge in [0.25, 0.3) is 5.91 Å². The first-order chi connectivity index (χ1) is 13.1. The summed E-state index contributed by atoms with van der Waals surface area (Å²) >= 11 is 6.28. The predicted octanol–water partition coefficient (Wildman–Crippen LogP) is 5.56. The van der Waals surface area contributed by atoms with Crippen molar-refractivity contribution < 1.29 is 9.00 Å². The van der Waals surface area contributed by atoms with Gasteiger partial charge in [-0.2, -0.15) is 0 Å². The maximum atomic E-state index is 12.9. The highest BCUT2D eigenvalue weighted by Crippen LogP contribution is 2.25. The molecule has 4 nitrogen and oxygen atoms in total. The van der Waals surface area contributed by atoms with Gasteiger partial charge in [-0.25, -0.2) is 0 Å². The number of benzene rings is 1. The fraction of sp³-hybridized carbons (Fsp3) is 0.696. The first-order valence-electron chi connectivity index (χ1n) is 10.3. The molecule has 0 radical (unpaired) electrons. The van der Waals surface area contributed by atoms with Crippen LogP contribution in [0.5, 0.6) is 0 Å². The van der Waals surface area contributed by atoms with E-state index in [4.69, 9.17) is 11.6 Å². The monoisotopic (exact) mass is 442 g/mol. The molecule has 1 aliphatic carbocycles. The van der Waals surface area contributed by atoms with Crippen LogP contribution in [0.4, 0.5) is 0 Å². The van der Waals surface area contributed by atoms with Crippen LogP contribution in [0.2, 0.25) is 5.02 Å². The van der Waals surface area contributed by atoms with Crippen molar-refractivity contribution in [2.24, 2.45) is 5.92 Å². The SMILES string of the molecule is C.C.O=C(NCC1CCCCCCC1)c1cc(S(=O)C2CCNCC2)ccc1Cl. The Labute approximate surface area is 185 Å². The summed E-state index contributed by atoms with van der Waals surface area (Å²) in [6.45, 7) is 2.51. The Bertz CT molecular complexity index is 654. The van der Waals surface area contributed by atoms with Crippen LogP contribution in [0, 0.1) is 5.92 Å². The highest BCUT2D eigenvalue weighted by Gasteiger charge is 2.23. The van der Waals surface area contributed by atoms with Crippen molar-refractivity contribution in [1.29, 1.82) is 0 Å². The molecule has 0 aromatic heterocycles. The summed E-state index contributed by atoms with van der Waals surface area (Å²) in [5.41, 5.74) is 0.447. The second-order valence-corrected chi connectivity index (χ2v) is 9.95. The maximum Gasteiger partial charge on any atom is 0.252 e. The number of amides is 1. The van der Waals surface area contributed by atoms with Crippen LogP contribution in [0.3, 0.4) is 0 Å². The molecule has 6 heteroatoms. The van der Waals surface area contributed by atoms with E-state index < -0.39 is 10.8 Å².